The van der Waals surface area contributed by atoms with Gasteiger partial charge < -0.3 is 20.9 Å². The highest BCUT2D eigenvalue weighted by atomic mass is 16.2. The number of amides is 3. The van der Waals surface area contributed by atoms with E-state index in [0.717, 1.165) is 16.9 Å². The van der Waals surface area contributed by atoms with E-state index in [0.29, 0.717) is 23.5 Å². The number of hydrogen-bond donors (Lipinski definition) is 3. The van der Waals surface area contributed by atoms with Gasteiger partial charge in [0, 0.05) is 30.7 Å². The van der Waals surface area contributed by atoms with Crippen LogP contribution >= 0.6 is 0 Å². The summed E-state index contributed by atoms with van der Waals surface area (Å²) >= 11 is 0. The Bertz CT molecular complexity index is 1030. The standard InChI is InChI=1S/C24H26N4O2/c1-4-25-24(30)27-19-13-14-21(22(16-19)26-18-10-6-5-7-11-18)23(29)28(3)20-12-8-9-17(2)15-20/h5-16,26H,4H2,1-3H3,(H2,25,27,30). The van der Waals surface area contributed by atoms with Crippen molar-refractivity contribution in [1.82, 2.24) is 5.32 Å². The third-order valence-corrected chi connectivity index (χ3v) is 4.59. The van der Waals surface area contributed by atoms with Crippen molar-refractivity contribution in [3.63, 3.8) is 0 Å². The molecule has 3 aromatic rings. The van der Waals surface area contributed by atoms with E-state index in [4.69, 9.17) is 0 Å². The molecular formula is C24H26N4O2. The lowest BCUT2D eigenvalue weighted by molar-refractivity contribution is 0.0994. The number of nitrogens with one attached hydrogen (secondary N) is 3. The van der Waals surface area contributed by atoms with Gasteiger partial charge in [-0.15, -0.1) is 0 Å². The van der Waals surface area contributed by atoms with Crippen LogP contribution in [0.15, 0.2) is 72.8 Å². The van der Waals surface area contributed by atoms with Crippen LogP contribution in [0.2, 0.25) is 0 Å². The first-order chi connectivity index (χ1) is 14.5. The molecule has 0 saturated carbocycles. The zero-order chi connectivity index (χ0) is 21.5. The van der Waals surface area contributed by atoms with Crippen molar-refractivity contribution < 1.29 is 9.59 Å². The molecular weight excluding hydrogens is 376 g/mol. The van der Waals surface area contributed by atoms with Gasteiger partial charge >= 0.3 is 6.03 Å². The van der Waals surface area contributed by atoms with Gasteiger partial charge in [0.15, 0.2) is 0 Å². The largest absolute Gasteiger partial charge is 0.355 e. The van der Waals surface area contributed by atoms with Gasteiger partial charge in [-0.1, -0.05) is 30.3 Å². The molecule has 0 unspecified atom stereocenters. The number of rotatable bonds is 6. The summed E-state index contributed by atoms with van der Waals surface area (Å²) in [5, 5.41) is 8.79. The third-order valence-electron chi connectivity index (χ3n) is 4.59. The molecule has 0 radical (unpaired) electrons. The van der Waals surface area contributed by atoms with E-state index in [-0.39, 0.29) is 11.9 Å². The Kier molecular flexibility index (Phi) is 6.70. The van der Waals surface area contributed by atoms with Crippen molar-refractivity contribution in [2.24, 2.45) is 0 Å². The molecule has 0 aliphatic heterocycles. The van der Waals surface area contributed by atoms with Crippen LogP contribution in [0.4, 0.5) is 27.5 Å². The Hall–Kier alpha value is -3.80. The average Bonchev–Trinajstić information content (AvgIpc) is 2.74. The summed E-state index contributed by atoms with van der Waals surface area (Å²) in [6, 6.07) is 22.3. The quantitative estimate of drug-likeness (QED) is 0.533. The van der Waals surface area contributed by atoms with Crippen molar-refractivity contribution in [3.05, 3.63) is 83.9 Å². The van der Waals surface area contributed by atoms with Gasteiger partial charge in [-0.05, 0) is 61.9 Å². The third kappa shape index (κ3) is 5.17. The minimum absolute atomic E-state index is 0.149. The predicted octanol–water partition coefficient (Wildman–Crippen LogP) is 5.16. The summed E-state index contributed by atoms with van der Waals surface area (Å²) in [6.07, 6.45) is 0. The zero-order valence-corrected chi connectivity index (χ0v) is 17.4. The molecule has 0 bridgehead atoms. The van der Waals surface area contributed by atoms with Gasteiger partial charge in [-0.3, -0.25) is 4.79 Å². The van der Waals surface area contributed by atoms with E-state index >= 15 is 0 Å². The molecule has 0 fully saturated rings. The van der Waals surface area contributed by atoms with Crippen molar-refractivity contribution >= 4 is 34.7 Å². The number of carbonyl (C=O) groups excluding carboxylic acids is 2. The van der Waals surface area contributed by atoms with Gasteiger partial charge in [-0.25, -0.2) is 4.79 Å². The molecule has 3 amide bonds. The number of carbonyl (C=O) groups is 2. The normalized spacial score (nSPS) is 10.2. The fraction of sp³-hybridized carbons (Fsp3) is 0.167. The molecule has 0 aromatic heterocycles. The predicted molar refractivity (Wildman–Crippen MR) is 123 cm³/mol. The van der Waals surface area contributed by atoms with Crippen molar-refractivity contribution in [2.75, 3.05) is 29.1 Å². The summed E-state index contributed by atoms with van der Waals surface area (Å²) in [6.45, 7) is 4.37. The second kappa shape index (κ2) is 9.60. The summed E-state index contributed by atoms with van der Waals surface area (Å²) in [5.74, 6) is -0.149. The molecule has 0 saturated heterocycles. The topological polar surface area (TPSA) is 73.5 Å². The number of urea groups is 1. The molecule has 6 heteroatoms. The lowest BCUT2D eigenvalue weighted by Gasteiger charge is -2.21. The Balaban J connectivity index is 1.95. The fourth-order valence-corrected chi connectivity index (χ4v) is 3.06. The first-order valence-electron chi connectivity index (χ1n) is 9.83. The van der Waals surface area contributed by atoms with Gasteiger partial charge in [0.25, 0.3) is 5.91 Å². The number of para-hydroxylation sites is 1. The van der Waals surface area contributed by atoms with E-state index in [1.807, 2.05) is 68.4 Å². The first kappa shape index (κ1) is 20.9. The molecule has 3 N–H and O–H groups in total. The number of anilines is 4. The maximum absolute atomic E-state index is 13.3. The van der Waals surface area contributed by atoms with E-state index in [1.54, 1.807) is 30.1 Å². The molecule has 30 heavy (non-hydrogen) atoms. The lowest BCUT2D eigenvalue weighted by Crippen LogP contribution is -2.29. The van der Waals surface area contributed by atoms with E-state index < -0.39 is 0 Å². The molecule has 3 aromatic carbocycles. The van der Waals surface area contributed by atoms with Crippen molar-refractivity contribution in [2.45, 2.75) is 13.8 Å². The van der Waals surface area contributed by atoms with E-state index in [9.17, 15) is 9.59 Å². The summed E-state index contributed by atoms with van der Waals surface area (Å²) in [7, 11) is 1.75. The molecule has 0 atom stereocenters. The molecule has 0 aliphatic rings. The number of benzene rings is 3. The van der Waals surface area contributed by atoms with E-state index in [1.165, 1.54) is 0 Å². The average molecular weight is 402 g/mol. The fourth-order valence-electron chi connectivity index (χ4n) is 3.06. The number of aryl methyl sites for hydroxylation is 1. The second-order valence-corrected chi connectivity index (χ2v) is 6.94. The Morgan fingerprint density at radius 3 is 2.37 bits per heavy atom. The Morgan fingerprint density at radius 2 is 1.67 bits per heavy atom. The van der Waals surface area contributed by atoms with Crippen LogP contribution in [0.3, 0.4) is 0 Å². The number of hydrogen-bond acceptors (Lipinski definition) is 3. The summed E-state index contributed by atoms with van der Waals surface area (Å²) in [5.41, 5.74) is 4.45. The highest BCUT2D eigenvalue weighted by Gasteiger charge is 2.18. The minimum Gasteiger partial charge on any atom is -0.355 e. The molecule has 3 rings (SSSR count). The monoisotopic (exact) mass is 402 g/mol. The van der Waals surface area contributed by atoms with Crippen LogP contribution in [0.1, 0.15) is 22.8 Å². The van der Waals surface area contributed by atoms with Crippen molar-refractivity contribution in [3.8, 4) is 0 Å². The SMILES string of the molecule is CCNC(=O)Nc1ccc(C(=O)N(C)c2cccc(C)c2)c(Nc2ccccc2)c1. The summed E-state index contributed by atoms with van der Waals surface area (Å²) < 4.78 is 0. The maximum atomic E-state index is 13.3. The van der Waals surface area contributed by atoms with Gasteiger partial charge in [0.05, 0.1) is 11.3 Å². The van der Waals surface area contributed by atoms with Gasteiger partial charge in [-0.2, -0.15) is 0 Å². The van der Waals surface area contributed by atoms with Crippen LogP contribution in [-0.2, 0) is 0 Å². The van der Waals surface area contributed by atoms with E-state index in [2.05, 4.69) is 16.0 Å². The first-order valence-corrected chi connectivity index (χ1v) is 9.83. The second-order valence-electron chi connectivity index (χ2n) is 6.94. The molecule has 0 aliphatic carbocycles. The molecule has 0 spiro atoms. The van der Waals surface area contributed by atoms with Crippen molar-refractivity contribution in [1.29, 1.82) is 0 Å². The molecule has 154 valence electrons. The minimum atomic E-state index is -0.292. The van der Waals surface area contributed by atoms with Crippen LogP contribution in [0, 0.1) is 6.92 Å². The highest BCUT2D eigenvalue weighted by molar-refractivity contribution is 6.10. The van der Waals surface area contributed by atoms with Gasteiger partial charge in [0.2, 0.25) is 0 Å². The highest BCUT2D eigenvalue weighted by Crippen LogP contribution is 2.27. The zero-order valence-electron chi connectivity index (χ0n) is 17.4. The van der Waals surface area contributed by atoms with Crippen LogP contribution in [0.25, 0.3) is 0 Å². The van der Waals surface area contributed by atoms with Gasteiger partial charge in [0.1, 0.15) is 0 Å². The smallest absolute Gasteiger partial charge is 0.319 e. The molecule has 0 heterocycles. The Morgan fingerprint density at radius 1 is 0.900 bits per heavy atom. The molecule has 6 nitrogen and oxygen atoms in total. The number of nitrogens with zero attached hydrogens (tertiary/aromatic N) is 1. The Labute approximate surface area is 176 Å². The lowest BCUT2D eigenvalue weighted by atomic mass is 10.1. The summed E-state index contributed by atoms with van der Waals surface area (Å²) in [4.78, 5) is 26.8. The van der Waals surface area contributed by atoms with Crippen LogP contribution in [-0.4, -0.2) is 25.5 Å². The van der Waals surface area contributed by atoms with Crippen LogP contribution < -0.4 is 20.9 Å². The van der Waals surface area contributed by atoms with Crippen LogP contribution in [0.5, 0.6) is 0 Å². The maximum Gasteiger partial charge on any atom is 0.319 e.